The van der Waals surface area contributed by atoms with E-state index in [1.165, 1.54) is 7.11 Å². The first-order valence-electron chi connectivity index (χ1n) is 4.14. The monoisotopic (exact) mass is 247 g/mol. The van der Waals surface area contributed by atoms with Crippen LogP contribution in [0.25, 0.3) is 0 Å². The number of rotatable bonds is 5. The van der Waals surface area contributed by atoms with E-state index in [4.69, 9.17) is 5.11 Å². The molecule has 0 saturated carbocycles. The van der Waals surface area contributed by atoms with Gasteiger partial charge in [0.25, 0.3) is 0 Å². The molecule has 0 aliphatic carbocycles. The number of aliphatic hydroxyl groups is 1. The third-order valence-electron chi connectivity index (χ3n) is 1.64. The smallest absolute Gasteiger partial charge is 0.345 e. The van der Waals surface area contributed by atoms with E-state index < -0.39 is 23.5 Å². The number of aliphatic hydroxyl groups excluding tert-OH is 1. The summed E-state index contributed by atoms with van der Waals surface area (Å²) in [6.45, 7) is -0.486. The Morgan fingerprint density at radius 1 is 1.88 bits per heavy atom. The molecule has 0 fully saturated rings. The number of aromatic nitrogens is 1. The maximum absolute atomic E-state index is 11.1. The summed E-state index contributed by atoms with van der Waals surface area (Å²) in [6.07, 6.45) is 1.07. The van der Waals surface area contributed by atoms with Gasteiger partial charge < -0.3 is 15.2 Å². The lowest BCUT2D eigenvalue weighted by atomic mass is 10.3. The fourth-order valence-corrected chi connectivity index (χ4v) is 1.57. The normalized spacial score (nSPS) is 11.9. The van der Waals surface area contributed by atoms with Gasteiger partial charge in [-0.2, -0.15) is 0 Å². The molecule has 0 bridgehead atoms. The number of hydrogen-bond acceptors (Lipinski definition) is 8. The summed E-state index contributed by atoms with van der Waals surface area (Å²) in [6, 6.07) is -0.976. The van der Waals surface area contributed by atoms with Crippen molar-refractivity contribution in [2.45, 2.75) is 6.04 Å². The van der Waals surface area contributed by atoms with Crippen molar-refractivity contribution in [1.29, 1.82) is 0 Å². The zero-order chi connectivity index (χ0) is 12.1. The molecule has 8 nitrogen and oxygen atoms in total. The number of carbonyl (C=O) groups excluding carboxylic acids is 1. The van der Waals surface area contributed by atoms with E-state index in [0.29, 0.717) is 0 Å². The highest BCUT2D eigenvalue weighted by molar-refractivity contribution is 7.18. The summed E-state index contributed by atoms with van der Waals surface area (Å²) in [5.41, 5.74) is 0. The molecule has 0 saturated heterocycles. The van der Waals surface area contributed by atoms with Crippen LogP contribution in [0.5, 0.6) is 0 Å². The zero-order valence-electron chi connectivity index (χ0n) is 8.24. The molecule has 1 rings (SSSR count). The number of hydrogen-bond donors (Lipinski definition) is 2. The van der Waals surface area contributed by atoms with E-state index in [1.807, 2.05) is 0 Å². The lowest BCUT2D eigenvalue weighted by molar-refractivity contribution is -0.380. The Bertz CT molecular complexity index is 393. The van der Waals surface area contributed by atoms with Crippen LogP contribution in [0.4, 0.5) is 10.1 Å². The first kappa shape index (κ1) is 12.3. The average molecular weight is 247 g/mol. The molecule has 2 N–H and O–H groups in total. The summed E-state index contributed by atoms with van der Waals surface area (Å²) in [4.78, 5) is 24.6. The molecule has 1 aromatic heterocycles. The number of nitrogens with one attached hydrogen (secondary N) is 1. The number of nitrogens with zero attached hydrogens (tertiary/aromatic N) is 2. The topological polar surface area (TPSA) is 115 Å². The first-order chi connectivity index (χ1) is 7.58. The van der Waals surface area contributed by atoms with Gasteiger partial charge in [0.15, 0.2) is 5.13 Å². The van der Waals surface area contributed by atoms with E-state index in [2.05, 4.69) is 15.0 Å². The Hall–Kier alpha value is -1.74. The van der Waals surface area contributed by atoms with Crippen molar-refractivity contribution in [3.8, 4) is 0 Å². The van der Waals surface area contributed by atoms with Gasteiger partial charge in [-0.05, 0) is 11.3 Å². The summed E-state index contributed by atoms with van der Waals surface area (Å²) < 4.78 is 4.41. The molecule has 1 aromatic rings. The van der Waals surface area contributed by atoms with Gasteiger partial charge in [0, 0.05) is 0 Å². The molecule has 0 aliphatic heterocycles. The Morgan fingerprint density at radius 2 is 2.56 bits per heavy atom. The second-order valence-corrected chi connectivity index (χ2v) is 3.67. The molecule has 0 radical (unpaired) electrons. The predicted molar refractivity (Wildman–Crippen MR) is 55.3 cm³/mol. The third kappa shape index (κ3) is 2.87. The molecule has 88 valence electrons. The van der Waals surface area contributed by atoms with Crippen LogP contribution in [0.15, 0.2) is 6.20 Å². The number of ether oxygens (including phenoxy) is 1. The van der Waals surface area contributed by atoms with Crippen molar-refractivity contribution in [1.82, 2.24) is 4.98 Å². The summed E-state index contributed by atoms with van der Waals surface area (Å²) in [7, 11) is 1.18. The number of methoxy groups -OCH3 is 1. The van der Waals surface area contributed by atoms with Crippen LogP contribution in [-0.2, 0) is 9.53 Å². The minimum Gasteiger partial charge on any atom is -0.467 e. The molecule has 1 unspecified atom stereocenters. The Morgan fingerprint density at radius 3 is 3.00 bits per heavy atom. The maximum atomic E-state index is 11.1. The average Bonchev–Trinajstić information content (AvgIpc) is 2.73. The van der Waals surface area contributed by atoms with Crippen LogP contribution in [0.3, 0.4) is 0 Å². The number of thiazole rings is 1. The molecule has 1 atom stereocenters. The molecular weight excluding hydrogens is 238 g/mol. The summed E-state index contributed by atoms with van der Waals surface area (Å²) in [5.74, 6) is -0.666. The van der Waals surface area contributed by atoms with Crippen LogP contribution in [0.2, 0.25) is 0 Å². The molecule has 0 spiro atoms. The van der Waals surface area contributed by atoms with E-state index in [0.717, 1.165) is 17.5 Å². The number of nitro groups is 1. The van der Waals surface area contributed by atoms with E-state index >= 15 is 0 Å². The molecule has 16 heavy (non-hydrogen) atoms. The fraction of sp³-hybridized carbons (Fsp3) is 0.429. The van der Waals surface area contributed by atoms with Gasteiger partial charge in [0.05, 0.1) is 18.6 Å². The van der Waals surface area contributed by atoms with Gasteiger partial charge in [-0.1, -0.05) is 0 Å². The van der Waals surface area contributed by atoms with Crippen molar-refractivity contribution in [2.24, 2.45) is 0 Å². The number of anilines is 1. The van der Waals surface area contributed by atoms with Gasteiger partial charge in [-0.3, -0.25) is 10.1 Å². The standard InChI is InChI=1S/C7H9N3O5S/c1-15-6(12)4(3-11)9-7-8-2-5(16-7)10(13)14/h2,4,11H,3H2,1H3,(H,8,9). The van der Waals surface area contributed by atoms with E-state index in [-0.39, 0.29) is 10.1 Å². The van der Waals surface area contributed by atoms with Gasteiger partial charge in [-0.25, -0.2) is 9.78 Å². The van der Waals surface area contributed by atoms with Crippen LogP contribution < -0.4 is 5.32 Å². The Kier molecular flexibility index (Phi) is 4.14. The maximum Gasteiger partial charge on any atom is 0.345 e. The second kappa shape index (κ2) is 5.37. The molecular formula is C7H9N3O5S. The molecule has 0 amide bonds. The van der Waals surface area contributed by atoms with Gasteiger partial charge in [-0.15, -0.1) is 0 Å². The minimum absolute atomic E-state index is 0.149. The first-order valence-corrected chi connectivity index (χ1v) is 4.95. The Balaban J connectivity index is 2.70. The molecule has 9 heteroatoms. The van der Waals surface area contributed by atoms with E-state index in [9.17, 15) is 14.9 Å². The van der Waals surface area contributed by atoms with E-state index in [1.54, 1.807) is 0 Å². The number of esters is 1. The van der Waals surface area contributed by atoms with Crippen LogP contribution >= 0.6 is 11.3 Å². The van der Waals surface area contributed by atoms with Crippen molar-refractivity contribution in [3.05, 3.63) is 16.3 Å². The SMILES string of the molecule is COC(=O)C(CO)Nc1ncc([N+](=O)[O-])s1. The zero-order valence-corrected chi connectivity index (χ0v) is 9.06. The highest BCUT2D eigenvalue weighted by Crippen LogP contribution is 2.25. The highest BCUT2D eigenvalue weighted by atomic mass is 32.1. The highest BCUT2D eigenvalue weighted by Gasteiger charge is 2.20. The third-order valence-corrected chi connectivity index (χ3v) is 2.52. The quantitative estimate of drug-likeness (QED) is 0.427. The second-order valence-electron chi connectivity index (χ2n) is 2.66. The van der Waals surface area contributed by atoms with Crippen molar-refractivity contribution in [2.75, 3.05) is 19.0 Å². The van der Waals surface area contributed by atoms with Crippen LogP contribution in [-0.4, -0.2) is 40.7 Å². The fourth-order valence-electron chi connectivity index (χ4n) is 0.887. The summed E-state index contributed by atoms with van der Waals surface area (Å²) in [5, 5.41) is 21.8. The largest absolute Gasteiger partial charge is 0.467 e. The van der Waals surface area contributed by atoms with Crippen molar-refractivity contribution >= 4 is 27.4 Å². The number of carbonyl (C=O) groups is 1. The van der Waals surface area contributed by atoms with Gasteiger partial charge in [0.1, 0.15) is 12.2 Å². The molecule has 1 heterocycles. The summed E-state index contributed by atoms with van der Waals surface area (Å²) >= 11 is 0.772. The van der Waals surface area contributed by atoms with Crippen molar-refractivity contribution in [3.63, 3.8) is 0 Å². The lowest BCUT2D eigenvalue weighted by Gasteiger charge is -2.11. The van der Waals surface area contributed by atoms with Gasteiger partial charge in [0.2, 0.25) is 0 Å². The van der Waals surface area contributed by atoms with Gasteiger partial charge >= 0.3 is 11.0 Å². The van der Waals surface area contributed by atoms with Crippen LogP contribution in [0.1, 0.15) is 0 Å². The molecule has 0 aliphatic rings. The van der Waals surface area contributed by atoms with Crippen molar-refractivity contribution < 1.29 is 19.6 Å². The predicted octanol–water partition coefficient (Wildman–Crippen LogP) is -0.00290. The Labute approximate surface area is 94.0 Å². The molecule has 0 aromatic carbocycles. The minimum atomic E-state index is -0.976. The lowest BCUT2D eigenvalue weighted by Crippen LogP contribution is -2.33. The van der Waals surface area contributed by atoms with Crippen LogP contribution in [0, 0.1) is 10.1 Å².